The van der Waals surface area contributed by atoms with Gasteiger partial charge in [-0.25, -0.2) is 0 Å². The van der Waals surface area contributed by atoms with Crippen molar-refractivity contribution in [1.29, 1.82) is 0 Å². The molecule has 5 heteroatoms. The van der Waals surface area contributed by atoms with Gasteiger partial charge in [-0.3, -0.25) is 9.48 Å². The van der Waals surface area contributed by atoms with Crippen molar-refractivity contribution >= 4 is 5.91 Å². The normalized spacial score (nSPS) is 12.6. The Labute approximate surface area is 95.5 Å². The average molecular weight is 225 g/mol. The minimum atomic E-state index is -0.999. The number of rotatable bonds is 3. The van der Waals surface area contributed by atoms with Crippen LogP contribution in [0.4, 0.5) is 0 Å². The highest BCUT2D eigenvalue weighted by atomic mass is 16.3. The van der Waals surface area contributed by atoms with E-state index in [2.05, 4.69) is 10.4 Å². The number of aryl methyl sites for hydroxylation is 1. The lowest BCUT2D eigenvalue weighted by Crippen LogP contribution is -2.57. The number of hydrogen-bond donors (Lipinski definition) is 2. The maximum atomic E-state index is 11.9. The van der Waals surface area contributed by atoms with Crippen molar-refractivity contribution in [3.05, 3.63) is 18.0 Å². The Morgan fingerprint density at radius 3 is 2.38 bits per heavy atom. The van der Waals surface area contributed by atoms with Crippen molar-refractivity contribution < 1.29 is 9.90 Å². The molecule has 0 radical (unpaired) electrons. The molecule has 1 rings (SSSR count). The molecule has 1 heterocycles. The Morgan fingerprint density at radius 1 is 1.44 bits per heavy atom. The van der Waals surface area contributed by atoms with Gasteiger partial charge in [-0.15, -0.1) is 0 Å². The molecule has 0 aliphatic heterocycles. The standard InChI is InChI=1S/C11H19N3O2/c1-10(2,11(3,4)16)13-9(15)8-6-7-12-14(8)5/h6-7,16H,1-5H3,(H,13,15). The molecular formula is C11H19N3O2. The number of hydrogen-bond acceptors (Lipinski definition) is 3. The van der Waals surface area contributed by atoms with E-state index in [9.17, 15) is 9.90 Å². The van der Waals surface area contributed by atoms with Gasteiger partial charge in [0, 0.05) is 13.2 Å². The first-order valence-electron chi connectivity index (χ1n) is 5.18. The molecule has 0 bridgehead atoms. The van der Waals surface area contributed by atoms with Crippen LogP contribution in [-0.2, 0) is 7.05 Å². The maximum absolute atomic E-state index is 11.9. The van der Waals surface area contributed by atoms with Crippen molar-refractivity contribution in [1.82, 2.24) is 15.1 Å². The van der Waals surface area contributed by atoms with Crippen LogP contribution in [0.15, 0.2) is 12.3 Å². The van der Waals surface area contributed by atoms with E-state index in [1.165, 1.54) is 4.68 Å². The van der Waals surface area contributed by atoms with E-state index < -0.39 is 11.1 Å². The summed E-state index contributed by atoms with van der Waals surface area (Å²) in [7, 11) is 1.70. The molecule has 1 aromatic rings. The Kier molecular flexibility index (Phi) is 3.10. The lowest BCUT2D eigenvalue weighted by molar-refractivity contribution is -0.00310. The second kappa shape index (κ2) is 3.90. The van der Waals surface area contributed by atoms with Crippen LogP contribution in [0.2, 0.25) is 0 Å². The summed E-state index contributed by atoms with van der Waals surface area (Å²) in [6, 6.07) is 1.63. The van der Waals surface area contributed by atoms with Crippen LogP contribution >= 0.6 is 0 Å². The molecule has 5 nitrogen and oxygen atoms in total. The van der Waals surface area contributed by atoms with Crippen molar-refractivity contribution in [2.24, 2.45) is 7.05 Å². The highest BCUT2D eigenvalue weighted by molar-refractivity contribution is 5.93. The second-order valence-electron chi connectivity index (χ2n) is 4.98. The zero-order valence-corrected chi connectivity index (χ0v) is 10.4. The van der Waals surface area contributed by atoms with Crippen LogP contribution in [0, 0.1) is 0 Å². The van der Waals surface area contributed by atoms with Crippen molar-refractivity contribution in [3.63, 3.8) is 0 Å². The van der Waals surface area contributed by atoms with Crippen LogP contribution < -0.4 is 5.32 Å². The smallest absolute Gasteiger partial charge is 0.270 e. The molecule has 0 fully saturated rings. The van der Waals surface area contributed by atoms with Crippen LogP contribution in [0.1, 0.15) is 38.2 Å². The Balaban J connectivity index is 2.84. The van der Waals surface area contributed by atoms with Gasteiger partial charge >= 0.3 is 0 Å². The molecule has 16 heavy (non-hydrogen) atoms. The Bertz CT molecular complexity index is 388. The average Bonchev–Trinajstić information content (AvgIpc) is 2.48. The highest BCUT2D eigenvalue weighted by Gasteiger charge is 2.36. The fourth-order valence-corrected chi connectivity index (χ4v) is 1.10. The molecule has 0 saturated heterocycles. The largest absolute Gasteiger partial charge is 0.388 e. The van der Waals surface area contributed by atoms with E-state index in [0.29, 0.717) is 5.69 Å². The van der Waals surface area contributed by atoms with Gasteiger partial charge in [0.15, 0.2) is 0 Å². The molecule has 1 amide bonds. The minimum Gasteiger partial charge on any atom is -0.388 e. The van der Waals surface area contributed by atoms with E-state index in [1.807, 2.05) is 0 Å². The predicted octanol–water partition coefficient (Wildman–Crippen LogP) is 0.699. The van der Waals surface area contributed by atoms with E-state index in [1.54, 1.807) is 47.0 Å². The molecule has 90 valence electrons. The van der Waals surface area contributed by atoms with Gasteiger partial charge in [-0.2, -0.15) is 5.10 Å². The first kappa shape index (κ1) is 12.7. The zero-order valence-electron chi connectivity index (χ0n) is 10.4. The number of carbonyl (C=O) groups is 1. The zero-order chi connectivity index (χ0) is 12.6. The van der Waals surface area contributed by atoms with Crippen LogP contribution in [-0.4, -0.2) is 31.9 Å². The van der Waals surface area contributed by atoms with Gasteiger partial charge < -0.3 is 10.4 Å². The lowest BCUT2D eigenvalue weighted by Gasteiger charge is -2.37. The van der Waals surface area contributed by atoms with Gasteiger partial charge in [0.05, 0.1) is 11.1 Å². The number of amides is 1. The summed E-state index contributed by atoms with van der Waals surface area (Å²) in [5.41, 5.74) is -1.24. The molecule has 2 N–H and O–H groups in total. The summed E-state index contributed by atoms with van der Waals surface area (Å²) < 4.78 is 1.50. The molecule has 0 spiro atoms. The molecule has 0 aliphatic rings. The van der Waals surface area contributed by atoms with Crippen molar-refractivity contribution in [2.45, 2.75) is 38.8 Å². The van der Waals surface area contributed by atoms with Crippen LogP contribution in [0.25, 0.3) is 0 Å². The SMILES string of the molecule is Cn1nccc1C(=O)NC(C)(C)C(C)(C)O. The molecule has 0 unspecified atom stereocenters. The summed E-state index contributed by atoms with van der Waals surface area (Å²) in [4.78, 5) is 11.9. The molecule has 0 aromatic carbocycles. The van der Waals surface area contributed by atoms with E-state index >= 15 is 0 Å². The number of aliphatic hydroxyl groups is 1. The fourth-order valence-electron chi connectivity index (χ4n) is 1.10. The minimum absolute atomic E-state index is 0.243. The van der Waals surface area contributed by atoms with E-state index in [-0.39, 0.29) is 5.91 Å². The van der Waals surface area contributed by atoms with E-state index in [0.717, 1.165) is 0 Å². The summed E-state index contributed by atoms with van der Waals surface area (Å²) in [5.74, 6) is -0.243. The Morgan fingerprint density at radius 2 is 2.00 bits per heavy atom. The van der Waals surface area contributed by atoms with Gasteiger partial charge in [-0.1, -0.05) is 0 Å². The van der Waals surface area contributed by atoms with Gasteiger partial charge in [0.2, 0.25) is 0 Å². The molecule has 0 saturated carbocycles. The monoisotopic (exact) mass is 225 g/mol. The predicted molar refractivity (Wildman–Crippen MR) is 61.1 cm³/mol. The third-order valence-corrected chi connectivity index (χ3v) is 3.01. The third kappa shape index (κ3) is 2.41. The summed E-state index contributed by atoms with van der Waals surface area (Å²) >= 11 is 0. The first-order chi connectivity index (χ1) is 7.15. The number of nitrogens with zero attached hydrogens (tertiary/aromatic N) is 2. The van der Waals surface area contributed by atoms with E-state index in [4.69, 9.17) is 0 Å². The first-order valence-corrected chi connectivity index (χ1v) is 5.18. The van der Waals surface area contributed by atoms with Gasteiger partial charge in [0.1, 0.15) is 5.69 Å². The Hall–Kier alpha value is -1.36. The molecule has 0 atom stereocenters. The topological polar surface area (TPSA) is 67.2 Å². The van der Waals surface area contributed by atoms with Crippen LogP contribution in [0.5, 0.6) is 0 Å². The number of aromatic nitrogens is 2. The lowest BCUT2D eigenvalue weighted by atomic mass is 9.86. The van der Waals surface area contributed by atoms with Crippen LogP contribution in [0.3, 0.4) is 0 Å². The summed E-state index contributed by atoms with van der Waals surface area (Å²) in [5, 5.41) is 16.6. The number of carbonyl (C=O) groups excluding carboxylic acids is 1. The maximum Gasteiger partial charge on any atom is 0.270 e. The highest BCUT2D eigenvalue weighted by Crippen LogP contribution is 2.20. The molecular weight excluding hydrogens is 206 g/mol. The second-order valence-corrected chi connectivity index (χ2v) is 4.98. The van der Waals surface area contributed by atoms with Crippen molar-refractivity contribution in [2.75, 3.05) is 0 Å². The molecule has 0 aliphatic carbocycles. The fraction of sp³-hybridized carbons (Fsp3) is 0.636. The molecule has 1 aromatic heterocycles. The van der Waals surface area contributed by atoms with Gasteiger partial charge in [0.25, 0.3) is 5.91 Å². The summed E-state index contributed by atoms with van der Waals surface area (Å²) in [6.07, 6.45) is 1.56. The quantitative estimate of drug-likeness (QED) is 0.795. The van der Waals surface area contributed by atoms with Crippen molar-refractivity contribution in [3.8, 4) is 0 Å². The van der Waals surface area contributed by atoms with Gasteiger partial charge in [-0.05, 0) is 33.8 Å². The third-order valence-electron chi connectivity index (χ3n) is 3.01. The number of nitrogens with one attached hydrogen (secondary N) is 1. The summed E-state index contributed by atoms with van der Waals surface area (Å²) in [6.45, 7) is 6.88.